The SMILES string of the molecule is O=[N+]([O-])c1ccc(-c2noc(-c3cn(-c4ccccc4)nc3C34CC5CC(CC(C5)C3)C4)n2)cc1. The van der Waals surface area contributed by atoms with Gasteiger partial charge in [-0.3, -0.25) is 10.1 Å². The molecule has 0 unspecified atom stereocenters. The highest BCUT2D eigenvalue weighted by Crippen LogP contribution is 2.61. The van der Waals surface area contributed by atoms with Gasteiger partial charge in [-0.05, 0) is 80.5 Å². The van der Waals surface area contributed by atoms with Crippen molar-refractivity contribution in [2.45, 2.75) is 43.9 Å². The van der Waals surface area contributed by atoms with Gasteiger partial charge in [0.1, 0.15) is 0 Å². The fraction of sp³-hybridized carbons (Fsp3) is 0.370. The summed E-state index contributed by atoms with van der Waals surface area (Å²) in [5.74, 6) is 3.23. The molecule has 2 aromatic carbocycles. The number of aromatic nitrogens is 4. The van der Waals surface area contributed by atoms with Crippen LogP contribution in [0.4, 0.5) is 5.69 Å². The van der Waals surface area contributed by atoms with Crippen LogP contribution in [0.2, 0.25) is 0 Å². The zero-order valence-corrected chi connectivity index (χ0v) is 19.2. The van der Waals surface area contributed by atoms with Gasteiger partial charge in [-0.25, -0.2) is 4.68 Å². The van der Waals surface area contributed by atoms with Crippen LogP contribution < -0.4 is 0 Å². The quantitative estimate of drug-likeness (QED) is 0.265. The molecular formula is C27H25N5O3. The Hall–Kier alpha value is -3.81. The van der Waals surface area contributed by atoms with Crippen molar-refractivity contribution in [2.24, 2.45) is 17.8 Å². The Morgan fingerprint density at radius 2 is 1.60 bits per heavy atom. The fourth-order valence-electron chi connectivity index (χ4n) is 7.22. The first-order valence-electron chi connectivity index (χ1n) is 12.3. The Labute approximate surface area is 202 Å². The van der Waals surface area contributed by atoms with Crippen LogP contribution in [0.15, 0.2) is 65.3 Å². The number of non-ortho nitro benzene ring substituents is 1. The molecule has 0 amide bonds. The predicted molar refractivity (Wildman–Crippen MR) is 129 cm³/mol. The minimum absolute atomic E-state index is 0.0331. The van der Waals surface area contributed by atoms with E-state index in [2.05, 4.69) is 17.3 Å². The highest BCUT2D eigenvalue weighted by Gasteiger charge is 2.53. The molecule has 4 bridgehead atoms. The molecule has 2 heterocycles. The lowest BCUT2D eigenvalue weighted by Crippen LogP contribution is -2.49. The molecule has 0 atom stereocenters. The molecular weight excluding hydrogens is 442 g/mol. The van der Waals surface area contributed by atoms with Crippen molar-refractivity contribution in [2.75, 3.05) is 0 Å². The van der Waals surface area contributed by atoms with Crippen molar-refractivity contribution < 1.29 is 9.45 Å². The number of nitrogens with zero attached hydrogens (tertiary/aromatic N) is 5. The number of hydrogen-bond donors (Lipinski definition) is 0. The maximum atomic E-state index is 11.0. The number of nitro groups is 1. The zero-order valence-electron chi connectivity index (χ0n) is 19.2. The van der Waals surface area contributed by atoms with E-state index in [0.717, 1.165) is 34.7 Å². The summed E-state index contributed by atoms with van der Waals surface area (Å²) >= 11 is 0. The Morgan fingerprint density at radius 3 is 2.23 bits per heavy atom. The Balaban J connectivity index is 1.32. The number of nitro benzene ring substituents is 1. The summed E-state index contributed by atoms with van der Waals surface area (Å²) in [6, 6.07) is 16.4. The van der Waals surface area contributed by atoms with E-state index >= 15 is 0 Å². The third kappa shape index (κ3) is 3.38. The smallest absolute Gasteiger partial charge is 0.269 e. The number of rotatable bonds is 5. The highest BCUT2D eigenvalue weighted by atomic mass is 16.6. The minimum Gasteiger partial charge on any atom is -0.333 e. The average Bonchev–Trinajstić information content (AvgIpc) is 3.52. The molecule has 2 aromatic heterocycles. The van der Waals surface area contributed by atoms with E-state index in [1.165, 1.54) is 50.7 Å². The zero-order chi connectivity index (χ0) is 23.6. The van der Waals surface area contributed by atoms with Gasteiger partial charge in [-0.2, -0.15) is 10.1 Å². The summed E-state index contributed by atoms with van der Waals surface area (Å²) in [7, 11) is 0. The predicted octanol–water partition coefficient (Wildman–Crippen LogP) is 5.97. The molecule has 0 spiro atoms. The molecule has 4 aromatic rings. The molecule has 0 saturated heterocycles. The standard InChI is InChI=1S/C27H25N5O3/c33-32(34)22-8-6-20(7-9-22)25-28-26(35-30-25)23-16-31(21-4-2-1-3-5-21)29-24(23)27-13-17-10-18(14-27)12-19(11-17)15-27/h1-9,16-19H,10-15H2. The van der Waals surface area contributed by atoms with Crippen LogP contribution in [-0.4, -0.2) is 24.8 Å². The first kappa shape index (κ1) is 20.6. The number of para-hydroxylation sites is 1. The Morgan fingerprint density at radius 1 is 0.943 bits per heavy atom. The Kier molecular flexibility index (Phi) is 4.46. The molecule has 35 heavy (non-hydrogen) atoms. The Bertz CT molecular complexity index is 1370. The van der Waals surface area contributed by atoms with E-state index in [0.29, 0.717) is 17.3 Å². The van der Waals surface area contributed by atoms with E-state index in [9.17, 15) is 10.1 Å². The van der Waals surface area contributed by atoms with Crippen LogP contribution >= 0.6 is 0 Å². The molecule has 4 aliphatic carbocycles. The lowest BCUT2D eigenvalue weighted by atomic mass is 9.48. The second-order valence-corrected chi connectivity index (χ2v) is 10.6. The van der Waals surface area contributed by atoms with Crippen molar-refractivity contribution >= 4 is 5.69 Å². The van der Waals surface area contributed by atoms with Crippen LogP contribution in [0.1, 0.15) is 44.2 Å². The maximum Gasteiger partial charge on any atom is 0.269 e. The fourth-order valence-corrected chi connectivity index (χ4v) is 7.22. The number of benzene rings is 2. The molecule has 4 saturated carbocycles. The summed E-state index contributed by atoms with van der Waals surface area (Å²) in [5, 5.41) is 20.4. The van der Waals surface area contributed by atoms with Gasteiger partial charge in [0.2, 0.25) is 5.82 Å². The lowest BCUT2D eigenvalue weighted by molar-refractivity contribution is -0.384. The molecule has 0 aliphatic heterocycles. The molecule has 0 N–H and O–H groups in total. The van der Waals surface area contributed by atoms with Crippen molar-refractivity contribution in [3.8, 4) is 28.5 Å². The molecule has 4 fully saturated rings. The maximum absolute atomic E-state index is 11.0. The summed E-state index contributed by atoms with van der Waals surface area (Å²) < 4.78 is 7.73. The largest absolute Gasteiger partial charge is 0.333 e. The van der Waals surface area contributed by atoms with Crippen LogP contribution in [0.25, 0.3) is 28.5 Å². The molecule has 0 radical (unpaired) electrons. The van der Waals surface area contributed by atoms with Gasteiger partial charge < -0.3 is 4.52 Å². The first-order valence-corrected chi connectivity index (χ1v) is 12.3. The van der Waals surface area contributed by atoms with Crippen LogP contribution in [0.5, 0.6) is 0 Å². The lowest BCUT2D eigenvalue weighted by Gasteiger charge is -2.56. The van der Waals surface area contributed by atoms with Crippen LogP contribution in [0, 0.1) is 27.9 Å². The van der Waals surface area contributed by atoms with E-state index in [1.807, 2.05) is 29.1 Å². The minimum atomic E-state index is -0.416. The van der Waals surface area contributed by atoms with Gasteiger partial charge in [0, 0.05) is 29.3 Å². The van der Waals surface area contributed by atoms with Gasteiger partial charge in [0.05, 0.1) is 21.9 Å². The van der Waals surface area contributed by atoms with E-state index in [-0.39, 0.29) is 11.1 Å². The van der Waals surface area contributed by atoms with Gasteiger partial charge in [0.25, 0.3) is 11.6 Å². The van der Waals surface area contributed by atoms with Crippen molar-refractivity contribution in [3.05, 3.63) is 76.6 Å². The van der Waals surface area contributed by atoms with Crippen LogP contribution in [-0.2, 0) is 5.41 Å². The summed E-state index contributed by atoms with van der Waals surface area (Å²) in [6.45, 7) is 0. The first-order chi connectivity index (χ1) is 17.1. The topological polar surface area (TPSA) is 99.9 Å². The average molecular weight is 468 g/mol. The molecule has 8 rings (SSSR count). The van der Waals surface area contributed by atoms with Gasteiger partial charge in [0.15, 0.2) is 0 Å². The summed E-state index contributed by atoms with van der Waals surface area (Å²) in [5.41, 5.74) is 3.75. The highest BCUT2D eigenvalue weighted by molar-refractivity contribution is 5.64. The van der Waals surface area contributed by atoms with E-state index < -0.39 is 4.92 Å². The van der Waals surface area contributed by atoms with Gasteiger partial charge >= 0.3 is 0 Å². The van der Waals surface area contributed by atoms with Crippen molar-refractivity contribution in [3.63, 3.8) is 0 Å². The second-order valence-electron chi connectivity index (χ2n) is 10.6. The molecule has 8 nitrogen and oxygen atoms in total. The van der Waals surface area contributed by atoms with Crippen molar-refractivity contribution in [1.82, 2.24) is 19.9 Å². The third-order valence-corrected chi connectivity index (χ3v) is 8.27. The summed E-state index contributed by atoms with van der Waals surface area (Å²) in [6.07, 6.45) is 9.65. The van der Waals surface area contributed by atoms with Crippen LogP contribution in [0.3, 0.4) is 0 Å². The summed E-state index contributed by atoms with van der Waals surface area (Å²) in [4.78, 5) is 15.3. The van der Waals surface area contributed by atoms with E-state index in [4.69, 9.17) is 14.6 Å². The molecule has 176 valence electrons. The van der Waals surface area contributed by atoms with Gasteiger partial charge in [-0.15, -0.1) is 0 Å². The molecule has 8 heteroatoms. The number of hydrogen-bond acceptors (Lipinski definition) is 6. The molecule has 4 aliphatic rings. The second kappa shape index (κ2) is 7.60. The normalized spacial score (nSPS) is 26.8. The van der Waals surface area contributed by atoms with E-state index in [1.54, 1.807) is 12.1 Å². The third-order valence-electron chi connectivity index (χ3n) is 8.27. The van der Waals surface area contributed by atoms with Gasteiger partial charge in [-0.1, -0.05) is 23.4 Å². The monoisotopic (exact) mass is 467 g/mol. The van der Waals surface area contributed by atoms with Crippen molar-refractivity contribution in [1.29, 1.82) is 0 Å².